The summed E-state index contributed by atoms with van der Waals surface area (Å²) in [7, 11) is 0. The lowest BCUT2D eigenvalue weighted by molar-refractivity contribution is -0.124. The smallest absolute Gasteiger partial charge is 0.237 e. The Balaban J connectivity index is 1.77. The molecule has 3 nitrogen and oxygen atoms in total. The normalized spacial score (nSPS) is 32.3. The average Bonchev–Trinajstić information content (AvgIpc) is 2.30. The van der Waals surface area contributed by atoms with Crippen LogP contribution in [0.5, 0.6) is 0 Å². The molecule has 2 rings (SSSR count). The summed E-state index contributed by atoms with van der Waals surface area (Å²) in [5, 5.41) is 6.60. The molecule has 2 aliphatic rings. The molecule has 1 saturated heterocycles. The van der Waals surface area contributed by atoms with Gasteiger partial charge in [-0.05, 0) is 39.0 Å². The van der Waals surface area contributed by atoms with Gasteiger partial charge in [0.25, 0.3) is 0 Å². The van der Waals surface area contributed by atoms with E-state index in [0.29, 0.717) is 12.1 Å². The van der Waals surface area contributed by atoms with E-state index in [1.54, 1.807) is 0 Å². The second kappa shape index (κ2) is 5.67. The summed E-state index contributed by atoms with van der Waals surface area (Å²) in [6.07, 6.45) is 9.62. The molecule has 1 aliphatic heterocycles. The van der Waals surface area contributed by atoms with Crippen LogP contribution in [0.25, 0.3) is 0 Å². The van der Waals surface area contributed by atoms with Crippen molar-refractivity contribution in [2.24, 2.45) is 0 Å². The van der Waals surface area contributed by atoms with Crippen molar-refractivity contribution in [1.82, 2.24) is 10.6 Å². The number of nitrogens with one attached hydrogen (secondary N) is 2. The molecule has 1 aliphatic carbocycles. The van der Waals surface area contributed by atoms with Crippen LogP contribution in [-0.4, -0.2) is 24.0 Å². The molecule has 92 valence electrons. The fraction of sp³-hybridized carbons (Fsp3) is 0.923. The zero-order valence-electron chi connectivity index (χ0n) is 10.3. The van der Waals surface area contributed by atoms with Crippen LogP contribution in [0.3, 0.4) is 0 Å². The number of rotatable bonds is 2. The molecular formula is C13H24N2O. The number of amides is 1. The summed E-state index contributed by atoms with van der Waals surface area (Å²) in [4.78, 5) is 12.0. The molecule has 0 radical (unpaired) electrons. The molecule has 16 heavy (non-hydrogen) atoms. The third-order valence-corrected chi connectivity index (χ3v) is 3.88. The molecule has 3 heteroatoms. The van der Waals surface area contributed by atoms with E-state index < -0.39 is 0 Å². The van der Waals surface area contributed by atoms with Gasteiger partial charge in [-0.25, -0.2) is 0 Å². The monoisotopic (exact) mass is 224 g/mol. The van der Waals surface area contributed by atoms with E-state index in [0.717, 1.165) is 6.42 Å². The summed E-state index contributed by atoms with van der Waals surface area (Å²) >= 11 is 0. The Kier molecular flexibility index (Phi) is 4.22. The third kappa shape index (κ3) is 3.21. The molecule has 1 saturated carbocycles. The lowest BCUT2D eigenvalue weighted by Crippen LogP contribution is -2.52. The summed E-state index contributed by atoms with van der Waals surface area (Å²) in [6.45, 7) is 2.17. The predicted molar refractivity (Wildman–Crippen MR) is 65.3 cm³/mol. The molecular weight excluding hydrogens is 200 g/mol. The molecule has 2 fully saturated rings. The minimum absolute atomic E-state index is 0.0608. The van der Waals surface area contributed by atoms with Crippen LogP contribution in [0.2, 0.25) is 0 Å². The molecule has 0 bridgehead atoms. The third-order valence-electron chi connectivity index (χ3n) is 3.88. The molecule has 2 unspecified atom stereocenters. The first-order valence-corrected chi connectivity index (χ1v) is 6.82. The van der Waals surface area contributed by atoms with Crippen molar-refractivity contribution in [3.05, 3.63) is 0 Å². The van der Waals surface area contributed by atoms with Crippen molar-refractivity contribution in [3.8, 4) is 0 Å². The van der Waals surface area contributed by atoms with Gasteiger partial charge in [0.05, 0.1) is 6.04 Å². The highest BCUT2D eigenvalue weighted by atomic mass is 16.2. The quantitative estimate of drug-likeness (QED) is 0.753. The first-order chi connectivity index (χ1) is 7.75. The van der Waals surface area contributed by atoms with E-state index in [4.69, 9.17) is 0 Å². The maximum atomic E-state index is 12.0. The topological polar surface area (TPSA) is 41.1 Å². The van der Waals surface area contributed by atoms with Crippen molar-refractivity contribution in [3.63, 3.8) is 0 Å². The van der Waals surface area contributed by atoms with Gasteiger partial charge in [0.2, 0.25) is 5.91 Å². The first kappa shape index (κ1) is 11.9. The van der Waals surface area contributed by atoms with Gasteiger partial charge in [0.1, 0.15) is 0 Å². The SMILES string of the molecule is CC1CCCC(C(=O)NC2CCCCC2)N1. The summed E-state index contributed by atoms with van der Waals surface area (Å²) < 4.78 is 0. The zero-order chi connectivity index (χ0) is 11.4. The van der Waals surface area contributed by atoms with Crippen molar-refractivity contribution >= 4 is 5.91 Å². The second-order valence-electron chi connectivity index (χ2n) is 5.39. The standard InChI is InChI=1S/C13H24N2O/c1-10-6-5-9-12(14-10)13(16)15-11-7-3-2-4-8-11/h10-12,14H,2-9H2,1H3,(H,15,16). The van der Waals surface area contributed by atoms with Gasteiger partial charge >= 0.3 is 0 Å². The molecule has 1 heterocycles. The molecule has 0 aromatic rings. The van der Waals surface area contributed by atoms with Gasteiger partial charge in [0, 0.05) is 12.1 Å². The van der Waals surface area contributed by atoms with Crippen LogP contribution >= 0.6 is 0 Å². The lowest BCUT2D eigenvalue weighted by Gasteiger charge is -2.30. The molecule has 2 N–H and O–H groups in total. The Labute approximate surface area is 98.4 Å². The number of hydrogen-bond donors (Lipinski definition) is 2. The summed E-state index contributed by atoms with van der Waals surface area (Å²) in [5.74, 6) is 0.235. The molecule has 0 aromatic heterocycles. The Morgan fingerprint density at radius 1 is 1.06 bits per heavy atom. The zero-order valence-corrected chi connectivity index (χ0v) is 10.3. The van der Waals surface area contributed by atoms with Gasteiger partial charge in [-0.3, -0.25) is 4.79 Å². The Morgan fingerprint density at radius 3 is 2.50 bits per heavy atom. The first-order valence-electron chi connectivity index (χ1n) is 6.82. The van der Waals surface area contributed by atoms with Crippen LogP contribution in [0.1, 0.15) is 58.3 Å². The number of hydrogen-bond acceptors (Lipinski definition) is 2. The van der Waals surface area contributed by atoms with Crippen LogP contribution in [-0.2, 0) is 4.79 Å². The maximum Gasteiger partial charge on any atom is 0.237 e. The highest BCUT2D eigenvalue weighted by Crippen LogP contribution is 2.18. The van der Waals surface area contributed by atoms with Crippen LogP contribution in [0, 0.1) is 0 Å². The number of carbonyl (C=O) groups is 1. The second-order valence-corrected chi connectivity index (χ2v) is 5.39. The van der Waals surface area contributed by atoms with Crippen LogP contribution in [0.4, 0.5) is 0 Å². The van der Waals surface area contributed by atoms with Gasteiger partial charge in [-0.1, -0.05) is 19.3 Å². The van der Waals surface area contributed by atoms with Crippen molar-refractivity contribution in [1.29, 1.82) is 0 Å². The highest BCUT2D eigenvalue weighted by molar-refractivity contribution is 5.82. The predicted octanol–water partition coefficient (Wildman–Crippen LogP) is 1.97. The molecule has 0 aromatic carbocycles. The fourth-order valence-corrected chi connectivity index (χ4v) is 2.89. The van der Waals surface area contributed by atoms with E-state index in [9.17, 15) is 4.79 Å². The Hall–Kier alpha value is -0.570. The number of piperidine rings is 1. The van der Waals surface area contributed by atoms with Gasteiger partial charge < -0.3 is 10.6 Å². The van der Waals surface area contributed by atoms with E-state index >= 15 is 0 Å². The molecule has 1 amide bonds. The van der Waals surface area contributed by atoms with Crippen LogP contribution < -0.4 is 10.6 Å². The van der Waals surface area contributed by atoms with Crippen molar-refractivity contribution in [2.75, 3.05) is 0 Å². The van der Waals surface area contributed by atoms with Gasteiger partial charge in [-0.15, -0.1) is 0 Å². The average molecular weight is 224 g/mol. The summed E-state index contributed by atoms with van der Waals surface area (Å²) in [5.41, 5.74) is 0. The molecule has 2 atom stereocenters. The summed E-state index contributed by atoms with van der Waals surface area (Å²) in [6, 6.07) is 1.00. The Morgan fingerprint density at radius 2 is 1.81 bits per heavy atom. The van der Waals surface area contributed by atoms with Crippen LogP contribution in [0.15, 0.2) is 0 Å². The largest absolute Gasteiger partial charge is 0.352 e. The maximum absolute atomic E-state index is 12.0. The lowest BCUT2D eigenvalue weighted by atomic mass is 9.94. The van der Waals surface area contributed by atoms with E-state index in [1.807, 2.05) is 0 Å². The minimum Gasteiger partial charge on any atom is -0.352 e. The van der Waals surface area contributed by atoms with Crippen molar-refractivity contribution < 1.29 is 4.79 Å². The number of carbonyl (C=O) groups excluding carboxylic acids is 1. The fourth-order valence-electron chi connectivity index (χ4n) is 2.89. The van der Waals surface area contributed by atoms with Crippen molar-refractivity contribution in [2.45, 2.75) is 76.4 Å². The van der Waals surface area contributed by atoms with E-state index in [1.165, 1.54) is 44.9 Å². The Bertz CT molecular complexity index is 236. The van der Waals surface area contributed by atoms with E-state index in [-0.39, 0.29) is 11.9 Å². The minimum atomic E-state index is 0.0608. The highest BCUT2D eigenvalue weighted by Gasteiger charge is 2.26. The van der Waals surface area contributed by atoms with Gasteiger partial charge in [-0.2, -0.15) is 0 Å². The van der Waals surface area contributed by atoms with Gasteiger partial charge in [0.15, 0.2) is 0 Å². The molecule has 0 spiro atoms. The van der Waals surface area contributed by atoms with E-state index in [2.05, 4.69) is 17.6 Å².